The van der Waals surface area contributed by atoms with Gasteiger partial charge < -0.3 is 20.8 Å². The van der Waals surface area contributed by atoms with Gasteiger partial charge in [0.05, 0.1) is 33.6 Å². The number of hydrogen-bond acceptors (Lipinski definition) is 8. The SMILES string of the molecule is Cc1nc(NCC(F)(F)F)nc(N[C@@H]2CC[C@@H](O)[C@@]2(C)O)c1-c1nc2ccccc2s1. The fourth-order valence-corrected chi connectivity index (χ4v) is 4.76. The van der Waals surface area contributed by atoms with Gasteiger partial charge in [-0.15, -0.1) is 11.3 Å². The lowest BCUT2D eigenvalue weighted by Crippen LogP contribution is -2.47. The van der Waals surface area contributed by atoms with Crippen LogP contribution in [0.25, 0.3) is 20.8 Å². The lowest BCUT2D eigenvalue weighted by Gasteiger charge is -2.30. The Bertz CT molecular complexity index is 1070. The largest absolute Gasteiger partial charge is 0.405 e. The summed E-state index contributed by atoms with van der Waals surface area (Å²) in [6.45, 7) is 1.93. The molecule has 0 aliphatic heterocycles. The Morgan fingerprint density at radius 2 is 1.94 bits per heavy atom. The number of aliphatic hydroxyl groups excluding tert-OH is 1. The van der Waals surface area contributed by atoms with Crippen LogP contribution < -0.4 is 10.6 Å². The molecule has 4 N–H and O–H groups in total. The van der Waals surface area contributed by atoms with Crippen molar-refractivity contribution in [2.24, 2.45) is 0 Å². The minimum absolute atomic E-state index is 0.180. The second-order valence-electron chi connectivity index (χ2n) is 7.83. The Hall–Kier alpha value is -2.50. The van der Waals surface area contributed by atoms with Gasteiger partial charge in [-0.2, -0.15) is 18.2 Å². The number of fused-ring (bicyclic) bond motifs is 1. The quantitative estimate of drug-likeness (QED) is 0.467. The Labute approximate surface area is 180 Å². The fraction of sp³-hybridized carbons (Fsp3) is 0.450. The van der Waals surface area contributed by atoms with Crippen molar-refractivity contribution in [3.05, 3.63) is 30.0 Å². The molecule has 166 valence electrons. The number of halogens is 3. The zero-order valence-corrected chi connectivity index (χ0v) is 17.7. The molecule has 0 amide bonds. The van der Waals surface area contributed by atoms with Crippen LogP contribution in [0.15, 0.2) is 24.3 Å². The second kappa shape index (κ2) is 7.88. The molecule has 2 heterocycles. The van der Waals surface area contributed by atoms with Crippen molar-refractivity contribution >= 4 is 33.3 Å². The lowest BCUT2D eigenvalue weighted by atomic mass is 9.98. The van der Waals surface area contributed by atoms with Crippen LogP contribution in [0.2, 0.25) is 0 Å². The highest BCUT2D eigenvalue weighted by Crippen LogP contribution is 2.39. The summed E-state index contributed by atoms with van der Waals surface area (Å²) >= 11 is 1.42. The second-order valence-corrected chi connectivity index (χ2v) is 8.86. The van der Waals surface area contributed by atoms with E-state index in [1.807, 2.05) is 24.3 Å². The predicted octanol–water partition coefficient (Wildman–Crippen LogP) is 3.72. The van der Waals surface area contributed by atoms with Crippen molar-refractivity contribution in [3.63, 3.8) is 0 Å². The van der Waals surface area contributed by atoms with Gasteiger partial charge in [-0.3, -0.25) is 0 Å². The number of rotatable bonds is 5. The van der Waals surface area contributed by atoms with Crippen molar-refractivity contribution in [3.8, 4) is 10.6 Å². The molecule has 0 saturated heterocycles. The molecule has 1 saturated carbocycles. The maximum Gasteiger partial charge on any atom is 0.405 e. The molecule has 1 aliphatic rings. The highest BCUT2D eigenvalue weighted by molar-refractivity contribution is 7.21. The molecule has 0 spiro atoms. The molecular formula is C20H22F3N5O2S. The average Bonchev–Trinajstić information content (AvgIpc) is 3.21. The molecular weight excluding hydrogens is 431 g/mol. The Morgan fingerprint density at radius 3 is 2.58 bits per heavy atom. The fourth-order valence-electron chi connectivity index (χ4n) is 3.70. The van der Waals surface area contributed by atoms with E-state index in [9.17, 15) is 23.4 Å². The van der Waals surface area contributed by atoms with Crippen LogP contribution in [0.5, 0.6) is 0 Å². The summed E-state index contributed by atoms with van der Waals surface area (Å²) in [6, 6.07) is 7.03. The van der Waals surface area contributed by atoms with E-state index >= 15 is 0 Å². The van der Waals surface area contributed by atoms with E-state index in [-0.39, 0.29) is 11.8 Å². The van der Waals surface area contributed by atoms with E-state index in [1.54, 1.807) is 6.92 Å². The Morgan fingerprint density at radius 1 is 1.19 bits per heavy atom. The molecule has 1 aromatic carbocycles. The summed E-state index contributed by atoms with van der Waals surface area (Å²) in [5, 5.41) is 26.7. The number of alkyl halides is 3. The van der Waals surface area contributed by atoms with Crippen molar-refractivity contribution < 1.29 is 23.4 Å². The van der Waals surface area contributed by atoms with Gasteiger partial charge in [0.15, 0.2) is 0 Å². The first-order valence-electron chi connectivity index (χ1n) is 9.77. The minimum atomic E-state index is -4.42. The lowest BCUT2D eigenvalue weighted by molar-refractivity contribution is -0.115. The molecule has 1 aliphatic carbocycles. The number of hydrogen-bond donors (Lipinski definition) is 4. The number of anilines is 2. The maximum absolute atomic E-state index is 12.7. The van der Waals surface area contributed by atoms with Crippen LogP contribution in [-0.4, -0.2) is 55.6 Å². The molecule has 3 atom stereocenters. The van der Waals surface area contributed by atoms with Crippen LogP contribution in [-0.2, 0) is 0 Å². The normalized spacial score (nSPS) is 24.0. The first-order chi connectivity index (χ1) is 14.5. The van der Waals surface area contributed by atoms with Crippen molar-refractivity contribution in [2.45, 2.75) is 50.6 Å². The van der Waals surface area contributed by atoms with Gasteiger partial charge in [0, 0.05) is 0 Å². The molecule has 4 rings (SSSR count). The number of aryl methyl sites for hydroxylation is 1. The topological polar surface area (TPSA) is 103 Å². The molecule has 0 radical (unpaired) electrons. The van der Waals surface area contributed by atoms with Crippen LogP contribution >= 0.6 is 11.3 Å². The minimum Gasteiger partial charge on any atom is -0.390 e. The summed E-state index contributed by atoms with van der Waals surface area (Å²) in [5.74, 6) is 0.0796. The standard InChI is InChI=1S/C20H22F3N5O2S/c1-10-15(17-26-11-5-3-4-6-12(11)31-17)16(27-13-7-8-14(29)19(13,2)30)28-18(25-10)24-9-20(21,22)23/h3-6,13-14,29-30H,7-9H2,1-2H3,(H2,24,25,27,28)/t13-,14-,19+/m1/s1. The number of nitrogens with zero attached hydrogens (tertiary/aromatic N) is 3. The summed E-state index contributed by atoms with van der Waals surface area (Å²) in [6.07, 6.45) is -4.47. The van der Waals surface area contributed by atoms with E-state index in [2.05, 4.69) is 25.6 Å². The van der Waals surface area contributed by atoms with E-state index in [1.165, 1.54) is 18.3 Å². The molecule has 2 aromatic heterocycles. The third-order valence-corrected chi connectivity index (χ3v) is 6.52. The van der Waals surface area contributed by atoms with Gasteiger partial charge in [0.1, 0.15) is 23.0 Å². The maximum atomic E-state index is 12.7. The first kappa shape index (κ1) is 21.7. The van der Waals surface area contributed by atoms with Crippen LogP contribution in [0.1, 0.15) is 25.5 Å². The Balaban J connectivity index is 1.77. The third kappa shape index (κ3) is 4.43. The van der Waals surface area contributed by atoms with Crippen molar-refractivity contribution in [2.75, 3.05) is 17.2 Å². The van der Waals surface area contributed by atoms with Gasteiger partial charge in [0.25, 0.3) is 0 Å². The van der Waals surface area contributed by atoms with Gasteiger partial charge in [0.2, 0.25) is 5.95 Å². The summed E-state index contributed by atoms with van der Waals surface area (Å²) < 4.78 is 39.0. The molecule has 3 aromatic rings. The first-order valence-corrected chi connectivity index (χ1v) is 10.6. The van der Waals surface area contributed by atoms with E-state index in [0.29, 0.717) is 29.1 Å². The monoisotopic (exact) mass is 453 g/mol. The molecule has 1 fully saturated rings. The van der Waals surface area contributed by atoms with Gasteiger partial charge in [-0.05, 0) is 38.8 Å². The smallest absolute Gasteiger partial charge is 0.390 e. The molecule has 11 heteroatoms. The van der Waals surface area contributed by atoms with Crippen LogP contribution in [0.4, 0.5) is 24.9 Å². The number of thiazole rings is 1. The zero-order valence-electron chi connectivity index (χ0n) is 16.9. The number of para-hydroxylation sites is 1. The highest BCUT2D eigenvalue weighted by Gasteiger charge is 2.45. The molecule has 0 unspecified atom stereocenters. The van der Waals surface area contributed by atoms with Crippen molar-refractivity contribution in [1.29, 1.82) is 0 Å². The van der Waals surface area contributed by atoms with Gasteiger partial charge in [-0.25, -0.2) is 9.97 Å². The van der Waals surface area contributed by atoms with Crippen LogP contribution in [0, 0.1) is 6.92 Å². The van der Waals surface area contributed by atoms with E-state index in [0.717, 1.165) is 10.2 Å². The number of nitrogens with one attached hydrogen (secondary N) is 2. The Kier molecular flexibility index (Phi) is 5.52. The van der Waals surface area contributed by atoms with Crippen LogP contribution in [0.3, 0.4) is 0 Å². The summed E-state index contributed by atoms with van der Waals surface area (Å²) in [5.41, 5.74) is 0.370. The van der Waals surface area contributed by atoms with Crippen molar-refractivity contribution in [1.82, 2.24) is 15.0 Å². The van der Waals surface area contributed by atoms with Gasteiger partial charge in [-0.1, -0.05) is 12.1 Å². The third-order valence-electron chi connectivity index (χ3n) is 5.46. The predicted molar refractivity (Wildman–Crippen MR) is 113 cm³/mol. The molecule has 31 heavy (non-hydrogen) atoms. The highest BCUT2D eigenvalue weighted by atomic mass is 32.1. The summed E-state index contributed by atoms with van der Waals surface area (Å²) in [7, 11) is 0. The average molecular weight is 453 g/mol. The van der Waals surface area contributed by atoms with E-state index < -0.39 is 30.5 Å². The molecule has 7 nitrogen and oxygen atoms in total. The molecule has 0 bridgehead atoms. The van der Waals surface area contributed by atoms with E-state index in [4.69, 9.17) is 0 Å². The number of aromatic nitrogens is 3. The summed E-state index contributed by atoms with van der Waals surface area (Å²) in [4.78, 5) is 13.1. The number of benzene rings is 1. The van der Waals surface area contributed by atoms with Gasteiger partial charge >= 0.3 is 6.18 Å². The zero-order chi connectivity index (χ0) is 22.4. The number of aliphatic hydroxyl groups is 2.